The smallest absolute Gasteiger partial charge is 0.321 e. The summed E-state index contributed by atoms with van der Waals surface area (Å²) in [6.07, 6.45) is 1.49. The zero-order valence-corrected chi connectivity index (χ0v) is 7.81. The summed E-state index contributed by atoms with van der Waals surface area (Å²) >= 11 is 0. The van der Waals surface area contributed by atoms with Crippen molar-refractivity contribution in [3.05, 3.63) is 42.4 Å². The molecule has 0 radical (unpaired) electrons. The average molecular weight is 203 g/mol. The van der Waals surface area contributed by atoms with Crippen LogP contribution in [0.15, 0.2) is 40.9 Å². The van der Waals surface area contributed by atoms with Gasteiger partial charge in [0.25, 0.3) is 5.89 Å². The second-order valence-electron chi connectivity index (χ2n) is 2.87. The van der Waals surface area contributed by atoms with Crippen LogP contribution in [0, 0.1) is 0 Å². The minimum Gasteiger partial charge on any atom is -0.432 e. The van der Waals surface area contributed by atoms with Gasteiger partial charge in [-0.25, -0.2) is 10.8 Å². The molecule has 0 saturated carbocycles. The number of rotatable bonds is 2. The minimum absolute atomic E-state index is 0.0450. The van der Waals surface area contributed by atoms with Crippen LogP contribution in [0.1, 0.15) is 10.7 Å². The molecule has 0 aliphatic carbocycles. The molecule has 0 aliphatic rings. The first-order chi connectivity index (χ1) is 7.31. The molecule has 1 amide bonds. The second kappa shape index (κ2) is 3.93. The fourth-order valence-electron chi connectivity index (χ4n) is 1.18. The van der Waals surface area contributed by atoms with Crippen LogP contribution in [0.5, 0.6) is 0 Å². The van der Waals surface area contributed by atoms with Gasteiger partial charge in [0, 0.05) is 5.56 Å². The number of hydrogen-bond donors (Lipinski definition) is 2. The Morgan fingerprint density at radius 2 is 2.07 bits per heavy atom. The van der Waals surface area contributed by atoms with Gasteiger partial charge in [-0.3, -0.25) is 10.2 Å². The molecule has 0 atom stereocenters. The normalized spacial score (nSPS) is 9.93. The number of carbonyl (C=O) groups is 1. The second-order valence-corrected chi connectivity index (χ2v) is 2.87. The monoisotopic (exact) mass is 203 g/mol. The molecule has 5 nitrogen and oxygen atoms in total. The van der Waals surface area contributed by atoms with Crippen LogP contribution >= 0.6 is 0 Å². The number of amides is 1. The molecule has 3 N–H and O–H groups in total. The van der Waals surface area contributed by atoms with E-state index >= 15 is 0 Å². The summed E-state index contributed by atoms with van der Waals surface area (Å²) in [4.78, 5) is 14.9. The molecule has 1 heterocycles. The zero-order valence-electron chi connectivity index (χ0n) is 7.81. The highest BCUT2D eigenvalue weighted by Gasteiger charge is 2.12. The van der Waals surface area contributed by atoms with Crippen LogP contribution < -0.4 is 11.3 Å². The summed E-state index contributed by atoms with van der Waals surface area (Å²) in [5.41, 5.74) is 2.81. The maximum absolute atomic E-state index is 11.1. The van der Waals surface area contributed by atoms with Gasteiger partial charge in [-0.05, 0) is 0 Å². The summed E-state index contributed by atoms with van der Waals surface area (Å²) in [5, 5.41) is 0. The Kier molecular flexibility index (Phi) is 2.47. The summed E-state index contributed by atoms with van der Waals surface area (Å²) in [6, 6.07) is 9.38. The lowest BCUT2D eigenvalue weighted by atomic mass is 10.2. The van der Waals surface area contributed by atoms with Gasteiger partial charge in [-0.1, -0.05) is 30.3 Å². The Balaban J connectivity index is 2.32. The van der Waals surface area contributed by atoms with Crippen molar-refractivity contribution in [2.24, 2.45) is 5.84 Å². The van der Waals surface area contributed by atoms with Crippen molar-refractivity contribution in [1.82, 2.24) is 10.4 Å². The SMILES string of the molecule is NNC(=O)c1ncc(-c2ccccc2)o1. The number of benzene rings is 1. The molecule has 0 unspecified atom stereocenters. The van der Waals surface area contributed by atoms with Crippen LogP contribution in [-0.4, -0.2) is 10.9 Å². The van der Waals surface area contributed by atoms with E-state index < -0.39 is 5.91 Å². The van der Waals surface area contributed by atoms with Crippen molar-refractivity contribution in [1.29, 1.82) is 0 Å². The van der Waals surface area contributed by atoms with E-state index in [1.807, 2.05) is 35.8 Å². The van der Waals surface area contributed by atoms with Crippen molar-refractivity contribution < 1.29 is 9.21 Å². The average Bonchev–Trinajstić information content (AvgIpc) is 2.78. The first kappa shape index (κ1) is 9.42. The predicted octanol–water partition coefficient (Wildman–Crippen LogP) is 0.945. The number of hydrogen-bond acceptors (Lipinski definition) is 4. The Morgan fingerprint density at radius 1 is 1.33 bits per heavy atom. The van der Waals surface area contributed by atoms with Gasteiger partial charge in [0.15, 0.2) is 5.76 Å². The summed E-state index contributed by atoms with van der Waals surface area (Å²) < 4.78 is 5.22. The lowest BCUT2D eigenvalue weighted by molar-refractivity contribution is 0.0920. The van der Waals surface area contributed by atoms with Crippen molar-refractivity contribution in [2.75, 3.05) is 0 Å². The number of aromatic nitrogens is 1. The van der Waals surface area contributed by atoms with E-state index in [2.05, 4.69) is 4.98 Å². The molecule has 76 valence electrons. The number of nitrogens with one attached hydrogen (secondary N) is 1. The minimum atomic E-state index is -0.544. The predicted molar refractivity (Wildman–Crippen MR) is 53.6 cm³/mol. The van der Waals surface area contributed by atoms with Gasteiger partial charge < -0.3 is 4.42 Å². The molecule has 5 heteroatoms. The maximum atomic E-state index is 11.1. The van der Waals surface area contributed by atoms with E-state index in [0.29, 0.717) is 5.76 Å². The van der Waals surface area contributed by atoms with Crippen LogP contribution in [-0.2, 0) is 0 Å². The maximum Gasteiger partial charge on any atom is 0.321 e. The molecule has 1 aromatic heterocycles. The standard InChI is InChI=1S/C10H9N3O2/c11-13-9(14)10-12-6-8(15-10)7-4-2-1-3-5-7/h1-6H,11H2,(H,13,14). The highest BCUT2D eigenvalue weighted by molar-refractivity contribution is 5.89. The van der Waals surface area contributed by atoms with Crippen molar-refractivity contribution in [3.8, 4) is 11.3 Å². The van der Waals surface area contributed by atoms with E-state index in [0.717, 1.165) is 5.56 Å². The van der Waals surface area contributed by atoms with Gasteiger partial charge >= 0.3 is 5.91 Å². The molecular weight excluding hydrogens is 194 g/mol. The van der Waals surface area contributed by atoms with Crippen LogP contribution in [0.4, 0.5) is 0 Å². The lowest BCUT2D eigenvalue weighted by Gasteiger charge is -1.94. The van der Waals surface area contributed by atoms with Gasteiger partial charge in [-0.15, -0.1) is 0 Å². The highest BCUT2D eigenvalue weighted by Crippen LogP contribution is 2.19. The topological polar surface area (TPSA) is 81.1 Å². The van der Waals surface area contributed by atoms with E-state index in [1.54, 1.807) is 0 Å². The Morgan fingerprint density at radius 3 is 2.73 bits per heavy atom. The summed E-state index contributed by atoms with van der Waals surface area (Å²) in [7, 11) is 0. The number of nitrogens with zero attached hydrogens (tertiary/aromatic N) is 1. The molecule has 0 aliphatic heterocycles. The van der Waals surface area contributed by atoms with E-state index in [-0.39, 0.29) is 5.89 Å². The van der Waals surface area contributed by atoms with Crippen molar-refractivity contribution in [3.63, 3.8) is 0 Å². The molecule has 0 fully saturated rings. The van der Waals surface area contributed by atoms with Gasteiger partial charge in [0.05, 0.1) is 6.20 Å². The van der Waals surface area contributed by atoms with E-state index in [4.69, 9.17) is 10.3 Å². The van der Waals surface area contributed by atoms with Crippen LogP contribution in [0.25, 0.3) is 11.3 Å². The van der Waals surface area contributed by atoms with Crippen molar-refractivity contribution in [2.45, 2.75) is 0 Å². The zero-order chi connectivity index (χ0) is 10.7. The van der Waals surface area contributed by atoms with E-state index in [9.17, 15) is 4.79 Å². The first-order valence-corrected chi connectivity index (χ1v) is 4.33. The quantitative estimate of drug-likeness (QED) is 0.432. The van der Waals surface area contributed by atoms with Crippen LogP contribution in [0.2, 0.25) is 0 Å². The molecule has 1 aromatic carbocycles. The largest absolute Gasteiger partial charge is 0.432 e. The van der Waals surface area contributed by atoms with Crippen LogP contribution in [0.3, 0.4) is 0 Å². The van der Waals surface area contributed by atoms with Gasteiger partial charge in [0.2, 0.25) is 0 Å². The molecule has 2 rings (SSSR count). The van der Waals surface area contributed by atoms with Crippen molar-refractivity contribution >= 4 is 5.91 Å². The number of carbonyl (C=O) groups excluding carboxylic acids is 1. The molecule has 2 aromatic rings. The molecule has 0 saturated heterocycles. The molecule has 15 heavy (non-hydrogen) atoms. The number of hydrazine groups is 1. The fourth-order valence-corrected chi connectivity index (χ4v) is 1.18. The first-order valence-electron chi connectivity index (χ1n) is 4.33. The summed E-state index contributed by atoms with van der Waals surface area (Å²) in [6.45, 7) is 0. The third-order valence-corrected chi connectivity index (χ3v) is 1.89. The molecule has 0 bridgehead atoms. The third kappa shape index (κ3) is 1.87. The Hall–Kier alpha value is -2.14. The molecular formula is C10H9N3O2. The van der Waals surface area contributed by atoms with Gasteiger partial charge in [0.1, 0.15) is 0 Å². The third-order valence-electron chi connectivity index (χ3n) is 1.89. The van der Waals surface area contributed by atoms with E-state index in [1.165, 1.54) is 6.20 Å². The number of oxazole rings is 1. The Labute approximate surface area is 85.9 Å². The summed E-state index contributed by atoms with van der Waals surface area (Å²) in [5.74, 6) is 4.90. The lowest BCUT2D eigenvalue weighted by Crippen LogP contribution is -2.30. The number of nitrogens with two attached hydrogens (primary N) is 1. The Bertz CT molecular complexity index is 465. The number of nitrogen functional groups attached to an aromatic ring is 1. The molecule has 0 spiro atoms. The fraction of sp³-hybridized carbons (Fsp3) is 0. The van der Waals surface area contributed by atoms with Gasteiger partial charge in [-0.2, -0.15) is 0 Å². The highest BCUT2D eigenvalue weighted by atomic mass is 16.4.